The predicted molar refractivity (Wildman–Crippen MR) is 90.5 cm³/mol. The smallest absolute Gasteiger partial charge is 0.394 e. The van der Waals surface area contributed by atoms with E-state index >= 15 is 0 Å². The third-order valence-electron chi connectivity index (χ3n) is 4.51. The van der Waals surface area contributed by atoms with Crippen LogP contribution in [0.4, 0.5) is 29.1 Å². The number of halogens is 4. The number of aliphatic carboxylic acids is 1. The highest BCUT2D eigenvalue weighted by atomic mass is 19.4. The molecule has 0 radical (unpaired) electrons. The summed E-state index contributed by atoms with van der Waals surface area (Å²) in [6.07, 6.45) is -3.41. The molecule has 1 amide bonds. The van der Waals surface area contributed by atoms with Gasteiger partial charge in [0, 0.05) is 19.3 Å². The Labute approximate surface area is 156 Å². The van der Waals surface area contributed by atoms with Gasteiger partial charge in [-0.15, -0.1) is 0 Å². The van der Waals surface area contributed by atoms with E-state index < -0.39 is 48.8 Å². The summed E-state index contributed by atoms with van der Waals surface area (Å²) < 4.78 is 53.3. The van der Waals surface area contributed by atoms with Crippen molar-refractivity contribution in [2.75, 3.05) is 18.4 Å². The van der Waals surface area contributed by atoms with Crippen LogP contribution in [0.1, 0.15) is 10.4 Å². The third-order valence-corrected chi connectivity index (χ3v) is 4.51. The predicted octanol–water partition coefficient (Wildman–Crippen LogP) is 3.30. The molecule has 1 aliphatic heterocycles. The first-order valence-electron chi connectivity index (χ1n) is 8.24. The zero-order valence-corrected chi connectivity index (χ0v) is 14.3. The number of nitrogens with zero attached hydrogens (tertiary/aromatic N) is 2. The number of rotatable bonds is 4. The van der Waals surface area contributed by atoms with Crippen molar-refractivity contribution >= 4 is 23.4 Å². The van der Waals surface area contributed by atoms with E-state index in [4.69, 9.17) is 5.11 Å². The van der Waals surface area contributed by atoms with Crippen LogP contribution in [-0.2, 0) is 4.79 Å². The Morgan fingerprint density at radius 1 is 1.14 bits per heavy atom. The number of hydrogen-bond donors (Lipinski definition) is 2. The van der Waals surface area contributed by atoms with E-state index in [9.17, 15) is 27.2 Å². The van der Waals surface area contributed by atoms with Crippen molar-refractivity contribution in [3.8, 4) is 0 Å². The molecular formula is C18H15F4N3O3. The summed E-state index contributed by atoms with van der Waals surface area (Å²) in [5.41, 5.74) is -0.0500. The lowest BCUT2D eigenvalue weighted by molar-refractivity contribution is -0.187. The fourth-order valence-electron chi connectivity index (χ4n) is 3.09. The summed E-state index contributed by atoms with van der Waals surface area (Å²) in [5.74, 6) is -6.98. The highest BCUT2D eigenvalue weighted by molar-refractivity contribution is 5.99. The average Bonchev–Trinajstić information content (AvgIpc) is 3.10. The molecule has 1 aromatic carbocycles. The molecule has 0 unspecified atom stereocenters. The van der Waals surface area contributed by atoms with Gasteiger partial charge in [-0.1, -0.05) is 12.1 Å². The van der Waals surface area contributed by atoms with Crippen molar-refractivity contribution in [1.29, 1.82) is 0 Å². The number of para-hydroxylation sites is 1. The average molecular weight is 397 g/mol. The van der Waals surface area contributed by atoms with E-state index in [2.05, 4.69) is 10.3 Å². The summed E-state index contributed by atoms with van der Waals surface area (Å²) in [4.78, 5) is 28.8. The lowest BCUT2D eigenvalue weighted by Crippen LogP contribution is -2.34. The van der Waals surface area contributed by atoms with E-state index in [1.54, 1.807) is 6.07 Å². The fourth-order valence-corrected chi connectivity index (χ4v) is 3.09. The van der Waals surface area contributed by atoms with Crippen LogP contribution in [0.5, 0.6) is 0 Å². The van der Waals surface area contributed by atoms with Crippen molar-refractivity contribution in [3.05, 3.63) is 54.0 Å². The molecule has 148 valence electrons. The summed E-state index contributed by atoms with van der Waals surface area (Å²) >= 11 is 0. The first-order valence-corrected chi connectivity index (χ1v) is 8.24. The molecule has 0 saturated carbocycles. The number of pyridine rings is 1. The minimum absolute atomic E-state index is 0.0354. The number of alkyl halides is 3. The number of amides is 1. The van der Waals surface area contributed by atoms with Crippen LogP contribution in [0.2, 0.25) is 0 Å². The number of aromatic nitrogens is 1. The van der Waals surface area contributed by atoms with Crippen LogP contribution in [0.15, 0.2) is 42.6 Å². The first-order chi connectivity index (χ1) is 13.2. The van der Waals surface area contributed by atoms with Crippen LogP contribution in [0.3, 0.4) is 0 Å². The van der Waals surface area contributed by atoms with E-state index in [0.29, 0.717) is 0 Å². The second-order valence-electron chi connectivity index (χ2n) is 6.31. The molecule has 6 nitrogen and oxygen atoms in total. The molecule has 1 saturated heterocycles. The minimum Gasteiger partial charge on any atom is -0.481 e. The van der Waals surface area contributed by atoms with Gasteiger partial charge < -0.3 is 15.3 Å². The number of hydrogen-bond acceptors (Lipinski definition) is 4. The molecule has 2 N–H and O–H groups in total. The highest BCUT2D eigenvalue weighted by Crippen LogP contribution is 2.38. The van der Waals surface area contributed by atoms with Crippen LogP contribution in [0, 0.1) is 17.7 Å². The van der Waals surface area contributed by atoms with E-state index in [1.165, 1.54) is 36.5 Å². The monoisotopic (exact) mass is 397 g/mol. The Balaban J connectivity index is 1.87. The number of carboxylic acid groups (broad SMARTS) is 1. The normalized spacial score (nSPS) is 19.5. The largest absolute Gasteiger partial charge is 0.481 e. The molecule has 0 spiro atoms. The Morgan fingerprint density at radius 2 is 1.86 bits per heavy atom. The zero-order chi connectivity index (χ0) is 20.5. The molecular weight excluding hydrogens is 382 g/mol. The van der Waals surface area contributed by atoms with Gasteiger partial charge in [0.25, 0.3) is 5.91 Å². The maximum atomic E-state index is 13.9. The Kier molecular flexibility index (Phi) is 5.21. The number of nitrogens with one attached hydrogen (secondary N) is 1. The molecule has 2 aromatic rings. The van der Waals surface area contributed by atoms with Gasteiger partial charge in [-0.25, -0.2) is 9.37 Å². The van der Waals surface area contributed by atoms with Gasteiger partial charge >= 0.3 is 12.1 Å². The number of carbonyl (C=O) groups is 2. The lowest BCUT2D eigenvalue weighted by atomic mass is 9.96. The Morgan fingerprint density at radius 3 is 2.46 bits per heavy atom. The van der Waals surface area contributed by atoms with Crippen LogP contribution in [0.25, 0.3) is 0 Å². The molecule has 2 heterocycles. The Bertz CT molecular complexity index is 904. The summed E-state index contributed by atoms with van der Waals surface area (Å²) in [6.45, 7) is -1.35. The molecule has 2 atom stereocenters. The lowest BCUT2D eigenvalue weighted by Gasteiger charge is -2.19. The molecule has 3 rings (SSSR count). The molecule has 10 heteroatoms. The summed E-state index contributed by atoms with van der Waals surface area (Å²) in [7, 11) is 0. The van der Waals surface area contributed by atoms with Crippen molar-refractivity contribution in [2.45, 2.75) is 6.18 Å². The van der Waals surface area contributed by atoms with Gasteiger partial charge in [0.2, 0.25) is 0 Å². The molecule has 1 fully saturated rings. The molecule has 0 bridgehead atoms. The fraction of sp³-hybridized carbons (Fsp3) is 0.278. The maximum absolute atomic E-state index is 13.9. The maximum Gasteiger partial charge on any atom is 0.394 e. The number of benzene rings is 1. The van der Waals surface area contributed by atoms with E-state index in [-0.39, 0.29) is 17.1 Å². The standard InChI is InChI=1S/C18H15F4N3O3/c19-13-5-1-2-6-14(13)24-15-10(4-3-7-23-15)16(26)25-8-11(17(27)28)12(9-25)18(20,21)22/h1-7,11-12H,8-9H2,(H,23,24)(H,27,28)/t11-,12-/m1/s1. The second kappa shape index (κ2) is 7.45. The van der Waals surface area contributed by atoms with Crippen molar-refractivity contribution in [2.24, 2.45) is 11.8 Å². The molecule has 0 aliphatic carbocycles. The second-order valence-corrected chi connectivity index (χ2v) is 6.31. The van der Waals surface area contributed by atoms with Gasteiger partial charge in [-0.05, 0) is 24.3 Å². The van der Waals surface area contributed by atoms with Gasteiger partial charge in [0.05, 0.1) is 23.1 Å². The minimum atomic E-state index is -4.75. The van der Waals surface area contributed by atoms with Gasteiger partial charge in [-0.3, -0.25) is 9.59 Å². The highest BCUT2D eigenvalue weighted by Gasteiger charge is 2.53. The molecule has 1 aromatic heterocycles. The first kappa shape index (κ1) is 19.6. The van der Waals surface area contributed by atoms with Gasteiger partial charge in [0.15, 0.2) is 0 Å². The summed E-state index contributed by atoms with van der Waals surface area (Å²) in [6, 6.07) is 8.37. The quantitative estimate of drug-likeness (QED) is 0.774. The van der Waals surface area contributed by atoms with E-state index in [0.717, 1.165) is 4.90 Å². The molecule has 28 heavy (non-hydrogen) atoms. The third kappa shape index (κ3) is 3.90. The van der Waals surface area contributed by atoms with Gasteiger partial charge in [0.1, 0.15) is 11.6 Å². The van der Waals surface area contributed by atoms with Crippen molar-refractivity contribution < 1.29 is 32.3 Å². The van der Waals surface area contributed by atoms with Gasteiger partial charge in [-0.2, -0.15) is 13.2 Å². The number of carboxylic acids is 1. The Hall–Kier alpha value is -3.17. The van der Waals surface area contributed by atoms with E-state index in [1.807, 2.05) is 0 Å². The topological polar surface area (TPSA) is 82.5 Å². The summed E-state index contributed by atoms with van der Waals surface area (Å²) in [5, 5.41) is 11.7. The zero-order valence-electron chi connectivity index (χ0n) is 14.3. The molecule has 1 aliphatic rings. The van der Waals surface area contributed by atoms with Crippen LogP contribution in [-0.4, -0.2) is 46.1 Å². The van der Waals surface area contributed by atoms with Crippen molar-refractivity contribution in [3.63, 3.8) is 0 Å². The van der Waals surface area contributed by atoms with Crippen LogP contribution >= 0.6 is 0 Å². The number of anilines is 2. The number of carbonyl (C=O) groups excluding carboxylic acids is 1. The SMILES string of the molecule is O=C(O)[C@@H]1CN(C(=O)c2cccnc2Nc2ccccc2F)C[C@H]1C(F)(F)F. The van der Waals surface area contributed by atoms with Crippen LogP contribution < -0.4 is 5.32 Å². The van der Waals surface area contributed by atoms with Crippen molar-refractivity contribution in [1.82, 2.24) is 9.88 Å². The number of likely N-dealkylation sites (tertiary alicyclic amines) is 1.